The molecule has 0 saturated heterocycles. The van der Waals surface area contributed by atoms with Gasteiger partial charge in [0.15, 0.2) is 0 Å². The largest absolute Gasteiger partial charge is 0.497 e. The fourth-order valence-electron chi connectivity index (χ4n) is 3.14. The van der Waals surface area contributed by atoms with Crippen LogP contribution in [0.3, 0.4) is 0 Å². The third-order valence-electron chi connectivity index (χ3n) is 4.52. The smallest absolute Gasteiger partial charge is 0.266 e. The average molecular weight is 370 g/mol. The second-order valence-electron chi connectivity index (χ2n) is 6.81. The number of aromatic amines is 1. The number of likely N-dealkylation sites (N-methyl/N-ethyl adjacent to an activating group) is 1. The van der Waals surface area contributed by atoms with E-state index in [1.54, 1.807) is 19.1 Å². The molecule has 1 aliphatic rings. The molecule has 0 fully saturated rings. The number of H-pyrrole nitrogens is 1. The predicted octanol–water partition coefficient (Wildman–Crippen LogP) is 2.72. The lowest BCUT2D eigenvalue weighted by molar-refractivity contribution is -0.141. The number of aromatic nitrogens is 2. The number of nitrogens with zero attached hydrogens (tertiary/aromatic N) is 3. The number of carbonyl (C=O) groups is 1. The van der Waals surface area contributed by atoms with Crippen LogP contribution in [0.2, 0.25) is 0 Å². The van der Waals surface area contributed by atoms with E-state index < -0.39 is 6.10 Å². The molecule has 1 aromatic heterocycles. The lowest BCUT2D eigenvalue weighted by Gasteiger charge is -2.18. The predicted molar refractivity (Wildman–Crippen MR) is 103 cm³/mol. The Morgan fingerprint density at radius 1 is 1.41 bits per heavy atom. The van der Waals surface area contributed by atoms with Gasteiger partial charge in [-0.05, 0) is 30.2 Å². The first kappa shape index (κ1) is 18.9. The molecule has 144 valence electrons. The van der Waals surface area contributed by atoms with Crippen LogP contribution in [0, 0.1) is 0 Å². The van der Waals surface area contributed by atoms with Crippen molar-refractivity contribution in [3.63, 3.8) is 0 Å². The van der Waals surface area contributed by atoms with Gasteiger partial charge in [-0.2, -0.15) is 5.10 Å². The molecule has 0 aliphatic carbocycles. The van der Waals surface area contributed by atoms with Gasteiger partial charge in [0.2, 0.25) is 6.10 Å². The summed E-state index contributed by atoms with van der Waals surface area (Å²) in [6.07, 6.45) is 2.56. The number of benzene rings is 1. The SMILES string of the molecule is CCCc1cc(CN(C)C(=O)C2CC(Cc3cccc(OC)c3)=NO2)[nH]n1. The molecule has 7 heteroatoms. The van der Waals surface area contributed by atoms with Crippen LogP contribution in [-0.4, -0.2) is 47.0 Å². The topological polar surface area (TPSA) is 79.8 Å². The van der Waals surface area contributed by atoms with E-state index in [4.69, 9.17) is 9.57 Å². The van der Waals surface area contributed by atoms with Crippen LogP contribution < -0.4 is 4.74 Å². The van der Waals surface area contributed by atoms with Gasteiger partial charge in [-0.15, -0.1) is 0 Å². The molecule has 1 aliphatic heterocycles. The molecule has 2 aromatic rings. The number of methoxy groups -OCH3 is 1. The van der Waals surface area contributed by atoms with E-state index in [9.17, 15) is 4.79 Å². The van der Waals surface area contributed by atoms with Gasteiger partial charge in [-0.1, -0.05) is 30.6 Å². The monoisotopic (exact) mass is 370 g/mol. The standard InChI is InChI=1S/C20H26N4O3/c1-4-6-15-11-17(22-21-15)13-24(2)20(25)19-12-16(23-27-19)9-14-7-5-8-18(10-14)26-3/h5,7-8,10-11,19H,4,6,9,12-13H2,1-3H3,(H,21,22). The van der Waals surface area contributed by atoms with Crippen LogP contribution in [0.1, 0.15) is 36.7 Å². The zero-order valence-electron chi connectivity index (χ0n) is 16.1. The maximum atomic E-state index is 12.7. The first-order chi connectivity index (χ1) is 13.1. The van der Waals surface area contributed by atoms with Gasteiger partial charge < -0.3 is 14.5 Å². The highest BCUT2D eigenvalue weighted by Gasteiger charge is 2.30. The Bertz CT molecular complexity index is 815. The summed E-state index contributed by atoms with van der Waals surface area (Å²) in [5, 5.41) is 11.4. The molecule has 0 bridgehead atoms. The van der Waals surface area contributed by atoms with Crippen molar-refractivity contribution in [2.45, 2.75) is 45.3 Å². The molecule has 27 heavy (non-hydrogen) atoms. The van der Waals surface area contributed by atoms with Crippen LogP contribution in [0.15, 0.2) is 35.5 Å². The Balaban J connectivity index is 1.52. The first-order valence-corrected chi connectivity index (χ1v) is 9.21. The van der Waals surface area contributed by atoms with Crippen LogP contribution in [0.4, 0.5) is 0 Å². The highest BCUT2D eigenvalue weighted by molar-refractivity contribution is 5.93. The lowest BCUT2D eigenvalue weighted by Crippen LogP contribution is -2.36. The van der Waals surface area contributed by atoms with Crippen LogP contribution in [-0.2, 0) is 29.0 Å². The van der Waals surface area contributed by atoms with E-state index in [1.807, 2.05) is 30.3 Å². The van der Waals surface area contributed by atoms with Crippen molar-refractivity contribution in [1.82, 2.24) is 15.1 Å². The molecular formula is C20H26N4O3. The molecule has 1 atom stereocenters. The molecule has 3 rings (SSSR count). The third kappa shape index (κ3) is 4.87. The number of ether oxygens (including phenoxy) is 1. The minimum atomic E-state index is -0.561. The average Bonchev–Trinajstić information content (AvgIpc) is 3.31. The summed E-state index contributed by atoms with van der Waals surface area (Å²) in [7, 11) is 3.41. The minimum absolute atomic E-state index is 0.0777. The summed E-state index contributed by atoms with van der Waals surface area (Å²) < 4.78 is 5.24. The Morgan fingerprint density at radius 3 is 3.04 bits per heavy atom. The Kier molecular flexibility index (Phi) is 6.11. The summed E-state index contributed by atoms with van der Waals surface area (Å²) in [5.41, 5.74) is 3.89. The van der Waals surface area contributed by atoms with Crippen molar-refractivity contribution in [3.05, 3.63) is 47.3 Å². The molecule has 1 unspecified atom stereocenters. The number of carbonyl (C=O) groups excluding carboxylic acids is 1. The van der Waals surface area contributed by atoms with Gasteiger partial charge in [0.1, 0.15) is 5.75 Å². The van der Waals surface area contributed by atoms with Gasteiger partial charge in [0, 0.05) is 19.9 Å². The van der Waals surface area contributed by atoms with Crippen molar-refractivity contribution >= 4 is 11.6 Å². The quantitative estimate of drug-likeness (QED) is 0.775. The molecule has 1 aromatic carbocycles. The second kappa shape index (κ2) is 8.70. The highest BCUT2D eigenvalue weighted by atomic mass is 16.6. The van der Waals surface area contributed by atoms with Crippen molar-refractivity contribution in [3.8, 4) is 5.75 Å². The summed E-state index contributed by atoms with van der Waals surface area (Å²) >= 11 is 0. The second-order valence-corrected chi connectivity index (χ2v) is 6.81. The number of hydrogen-bond donors (Lipinski definition) is 1. The van der Waals surface area contributed by atoms with Crippen molar-refractivity contribution in [2.75, 3.05) is 14.2 Å². The van der Waals surface area contributed by atoms with Crippen molar-refractivity contribution in [1.29, 1.82) is 0 Å². The lowest BCUT2D eigenvalue weighted by atomic mass is 10.0. The molecule has 0 radical (unpaired) electrons. The zero-order valence-corrected chi connectivity index (χ0v) is 16.1. The molecule has 0 spiro atoms. The molecule has 1 amide bonds. The molecule has 7 nitrogen and oxygen atoms in total. The van der Waals surface area contributed by atoms with Crippen molar-refractivity contribution < 1.29 is 14.4 Å². The number of hydrogen-bond acceptors (Lipinski definition) is 5. The Labute approximate surface area is 159 Å². The fourth-order valence-corrected chi connectivity index (χ4v) is 3.14. The van der Waals surface area contributed by atoms with E-state index in [1.165, 1.54) is 0 Å². The summed E-state index contributed by atoms with van der Waals surface area (Å²) in [6.45, 7) is 2.59. The fraction of sp³-hybridized carbons (Fsp3) is 0.450. The van der Waals surface area contributed by atoms with Crippen molar-refractivity contribution in [2.24, 2.45) is 5.16 Å². The van der Waals surface area contributed by atoms with Crippen LogP contribution in [0.25, 0.3) is 0 Å². The van der Waals surface area contributed by atoms with Crippen LogP contribution in [0.5, 0.6) is 5.75 Å². The first-order valence-electron chi connectivity index (χ1n) is 9.21. The van der Waals surface area contributed by atoms with Gasteiger partial charge in [-0.3, -0.25) is 9.89 Å². The van der Waals surface area contributed by atoms with Gasteiger partial charge in [0.05, 0.1) is 30.8 Å². The minimum Gasteiger partial charge on any atom is -0.497 e. The maximum absolute atomic E-state index is 12.7. The summed E-state index contributed by atoms with van der Waals surface area (Å²) in [6, 6.07) is 9.83. The Morgan fingerprint density at radius 2 is 2.26 bits per heavy atom. The number of aryl methyl sites for hydroxylation is 1. The summed E-state index contributed by atoms with van der Waals surface area (Å²) in [5.74, 6) is 0.729. The van der Waals surface area contributed by atoms with E-state index >= 15 is 0 Å². The number of amides is 1. The van der Waals surface area contributed by atoms with E-state index in [2.05, 4.69) is 22.3 Å². The van der Waals surface area contributed by atoms with E-state index in [-0.39, 0.29) is 5.91 Å². The molecule has 1 N–H and O–H groups in total. The summed E-state index contributed by atoms with van der Waals surface area (Å²) in [4.78, 5) is 19.7. The Hall–Kier alpha value is -2.83. The van der Waals surface area contributed by atoms with Crippen LogP contribution >= 0.6 is 0 Å². The van der Waals surface area contributed by atoms with E-state index in [0.29, 0.717) is 19.4 Å². The normalized spacial score (nSPS) is 16.0. The zero-order chi connectivity index (χ0) is 19.2. The molecular weight excluding hydrogens is 344 g/mol. The number of nitrogens with one attached hydrogen (secondary N) is 1. The highest BCUT2D eigenvalue weighted by Crippen LogP contribution is 2.19. The van der Waals surface area contributed by atoms with Gasteiger partial charge in [-0.25, -0.2) is 0 Å². The third-order valence-corrected chi connectivity index (χ3v) is 4.52. The van der Waals surface area contributed by atoms with Gasteiger partial charge in [0.25, 0.3) is 5.91 Å². The number of rotatable bonds is 8. The van der Waals surface area contributed by atoms with Gasteiger partial charge >= 0.3 is 0 Å². The molecule has 0 saturated carbocycles. The number of oxime groups is 1. The maximum Gasteiger partial charge on any atom is 0.266 e. The molecule has 2 heterocycles. The van der Waals surface area contributed by atoms with E-state index in [0.717, 1.165) is 41.3 Å².